The second-order valence-corrected chi connectivity index (χ2v) is 5.13. The molecule has 2 heterocycles. The Kier molecular flexibility index (Phi) is 4.07. The van der Waals surface area contributed by atoms with E-state index in [-0.39, 0.29) is 0 Å². The fraction of sp³-hybridized carbons (Fsp3) is 0.333. The minimum absolute atomic E-state index is 0.882. The molecule has 0 aliphatic carbocycles. The lowest BCUT2D eigenvalue weighted by atomic mass is 10.2. The third-order valence-electron chi connectivity index (χ3n) is 2.27. The number of hydrogen-bond donors (Lipinski definition) is 0. The lowest BCUT2D eigenvalue weighted by Gasteiger charge is -1.94. The van der Waals surface area contributed by atoms with Crippen molar-refractivity contribution < 1.29 is 0 Å². The first-order valence-electron chi connectivity index (χ1n) is 5.31. The van der Waals surface area contributed by atoms with E-state index in [9.17, 15) is 0 Å². The number of pyridine rings is 1. The van der Waals surface area contributed by atoms with E-state index >= 15 is 0 Å². The quantitative estimate of drug-likeness (QED) is 0.796. The maximum absolute atomic E-state index is 4.67. The van der Waals surface area contributed by atoms with Crippen molar-refractivity contribution in [3.8, 4) is 10.7 Å². The topological polar surface area (TPSA) is 25.8 Å². The van der Waals surface area contributed by atoms with E-state index in [1.165, 1.54) is 10.6 Å². The SMILES string of the molecule is CCCc1nc(-c2ccccn2)sc1CBr. The van der Waals surface area contributed by atoms with Crippen molar-refractivity contribution >= 4 is 27.3 Å². The molecular weight excluding hydrogens is 284 g/mol. The number of nitrogens with zero attached hydrogens (tertiary/aromatic N) is 2. The summed E-state index contributed by atoms with van der Waals surface area (Å²) in [6.45, 7) is 2.18. The van der Waals surface area contributed by atoms with Crippen molar-refractivity contribution in [1.29, 1.82) is 0 Å². The van der Waals surface area contributed by atoms with Gasteiger partial charge in [0.2, 0.25) is 0 Å². The number of hydrogen-bond acceptors (Lipinski definition) is 3. The van der Waals surface area contributed by atoms with Gasteiger partial charge in [-0.15, -0.1) is 11.3 Å². The van der Waals surface area contributed by atoms with Gasteiger partial charge < -0.3 is 0 Å². The monoisotopic (exact) mass is 296 g/mol. The Balaban J connectivity index is 2.36. The third-order valence-corrected chi connectivity index (χ3v) is 4.32. The summed E-state index contributed by atoms with van der Waals surface area (Å²) in [6, 6.07) is 5.93. The normalized spacial score (nSPS) is 10.6. The van der Waals surface area contributed by atoms with E-state index in [4.69, 9.17) is 0 Å². The van der Waals surface area contributed by atoms with E-state index in [1.54, 1.807) is 11.3 Å². The third kappa shape index (κ3) is 2.50. The summed E-state index contributed by atoms with van der Waals surface area (Å²) in [5.74, 6) is 0. The molecular formula is C12H13BrN2S. The van der Waals surface area contributed by atoms with E-state index in [1.807, 2.05) is 24.4 Å². The van der Waals surface area contributed by atoms with Gasteiger partial charge in [0.1, 0.15) is 5.01 Å². The minimum Gasteiger partial charge on any atom is -0.254 e. The van der Waals surface area contributed by atoms with Gasteiger partial charge in [-0.1, -0.05) is 35.3 Å². The van der Waals surface area contributed by atoms with E-state index < -0.39 is 0 Å². The van der Waals surface area contributed by atoms with Gasteiger partial charge in [0.05, 0.1) is 11.4 Å². The average Bonchev–Trinajstić information content (AvgIpc) is 2.74. The zero-order valence-electron chi connectivity index (χ0n) is 9.11. The highest BCUT2D eigenvalue weighted by Crippen LogP contribution is 2.28. The summed E-state index contributed by atoms with van der Waals surface area (Å²) in [5.41, 5.74) is 2.18. The largest absolute Gasteiger partial charge is 0.254 e. The van der Waals surface area contributed by atoms with Gasteiger partial charge in [0.25, 0.3) is 0 Å². The van der Waals surface area contributed by atoms with E-state index in [0.29, 0.717) is 0 Å². The maximum Gasteiger partial charge on any atom is 0.142 e. The van der Waals surface area contributed by atoms with Crippen molar-refractivity contribution in [2.75, 3.05) is 0 Å². The second kappa shape index (κ2) is 5.55. The number of alkyl halides is 1. The van der Waals surface area contributed by atoms with Crippen LogP contribution in [0.1, 0.15) is 23.9 Å². The minimum atomic E-state index is 0.882. The lowest BCUT2D eigenvalue weighted by Crippen LogP contribution is -1.88. The van der Waals surface area contributed by atoms with Gasteiger partial charge >= 0.3 is 0 Å². The van der Waals surface area contributed by atoms with Crippen LogP contribution < -0.4 is 0 Å². The van der Waals surface area contributed by atoms with Gasteiger partial charge in [-0.2, -0.15) is 0 Å². The Morgan fingerprint density at radius 3 is 2.88 bits per heavy atom. The van der Waals surface area contributed by atoms with Gasteiger partial charge in [-0.25, -0.2) is 4.98 Å². The fourth-order valence-corrected chi connectivity index (χ4v) is 3.12. The van der Waals surface area contributed by atoms with Crippen LogP contribution >= 0.6 is 27.3 Å². The van der Waals surface area contributed by atoms with Crippen LogP contribution in [0.3, 0.4) is 0 Å². The van der Waals surface area contributed by atoms with E-state index in [2.05, 4.69) is 32.8 Å². The van der Waals surface area contributed by atoms with Crippen molar-refractivity contribution in [2.24, 2.45) is 0 Å². The fourth-order valence-electron chi connectivity index (χ4n) is 1.52. The summed E-state index contributed by atoms with van der Waals surface area (Å²) in [6.07, 6.45) is 3.99. The highest BCUT2D eigenvalue weighted by Gasteiger charge is 2.11. The molecule has 4 heteroatoms. The van der Waals surface area contributed by atoms with Crippen molar-refractivity contribution in [3.05, 3.63) is 35.0 Å². The van der Waals surface area contributed by atoms with Crippen LogP contribution in [0, 0.1) is 0 Å². The molecule has 0 amide bonds. The Morgan fingerprint density at radius 2 is 2.25 bits per heavy atom. The molecule has 0 fully saturated rings. The maximum atomic E-state index is 4.67. The van der Waals surface area contributed by atoms with Crippen LogP contribution in [0.4, 0.5) is 0 Å². The van der Waals surface area contributed by atoms with E-state index in [0.717, 1.165) is 28.9 Å². The molecule has 0 aromatic carbocycles. The van der Waals surface area contributed by atoms with Gasteiger partial charge in [0.15, 0.2) is 0 Å². The van der Waals surface area contributed by atoms with Crippen LogP contribution in [0.5, 0.6) is 0 Å². The summed E-state index contributed by atoms with van der Waals surface area (Å²) >= 11 is 5.25. The number of rotatable bonds is 4. The zero-order chi connectivity index (χ0) is 11.4. The van der Waals surface area contributed by atoms with Gasteiger partial charge in [0, 0.05) is 16.4 Å². The molecule has 2 aromatic heterocycles. The smallest absolute Gasteiger partial charge is 0.142 e. The molecule has 0 N–H and O–H groups in total. The predicted octanol–water partition coefficient (Wildman–Crippen LogP) is 4.05. The van der Waals surface area contributed by atoms with Crippen LogP contribution in [-0.2, 0) is 11.8 Å². The molecule has 0 saturated heterocycles. The van der Waals surface area contributed by atoms with Gasteiger partial charge in [-0.05, 0) is 18.6 Å². The molecule has 2 nitrogen and oxygen atoms in total. The Bertz CT molecular complexity index is 453. The number of aryl methyl sites for hydroxylation is 1. The molecule has 0 aliphatic rings. The summed E-state index contributed by atoms with van der Waals surface area (Å²) in [4.78, 5) is 10.3. The number of thiazole rings is 1. The summed E-state index contributed by atoms with van der Waals surface area (Å²) in [7, 11) is 0. The van der Waals surface area contributed by atoms with Crippen molar-refractivity contribution in [2.45, 2.75) is 25.1 Å². The first-order chi connectivity index (χ1) is 7.85. The highest BCUT2D eigenvalue weighted by molar-refractivity contribution is 9.08. The first-order valence-corrected chi connectivity index (χ1v) is 7.25. The lowest BCUT2D eigenvalue weighted by molar-refractivity contribution is 0.884. The van der Waals surface area contributed by atoms with Crippen LogP contribution in [0.15, 0.2) is 24.4 Å². The number of aromatic nitrogens is 2. The molecule has 16 heavy (non-hydrogen) atoms. The molecule has 0 unspecified atom stereocenters. The molecule has 0 saturated carbocycles. The van der Waals surface area contributed by atoms with Crippen LogP contribution in [-0.4, -0.2) is 9.97 Å². The molecule has 0 atom stereocenters. The standard InChI is InChI=1S/C12H13BrN2S/c1-2-5-9-11(8-13)16-12(15-9)10-6-3-4-7-14-10/h3-4,6-7H,2,5,8H2,1H3. The molecule has 0 aliphatic heterocycles. The zero-order valence-corrected chi connectivity index (χ0v) is 11.5. The molecule has 0 radical (unpaired) electrons. The molecule has 84 valence electrons. The van der Waals surface area contributed by atoms with Crippen LogP contribution in [0.25, 0.3) is 10.7 Å². The average molecular weight is 297 g/mol. The van der Waals surface area contributed by atoms with Gasteiger partial charge in [-0.3, -0.25) is 4.98 Å². The summed E-state index contributed by atoms with van der Waals surface area (Å²) in [5, 5.41) is 1.91. The highest BCUT2D eigenvalue weighted by atomic mass is 79.9. The molecule has 2 rings (SSSR count). The van der Waals surface area contributed by atoms with Crippen LogP contribution in [0.2, 0.25) is 0 Å². The Hall–Kier alpha value is -0.740. The molecule has 0 bridgehead atoms. The summed E-state index contributed by atoms with van der Waals surface area (Å²) < 4.78 is 0. The Morgan fingerprint density at radius 1 is 1.38 bits per heavy atom. The van der Waals surface area contributed by atoms with Crippen molar-refractivity contribution in [3.63, 3.8) is 0 Å². The second-order valence-electron chi connectivity index (χ2n) is 3.49. The number of halogens is 1. The molecule has 0 spiro atoms. The predicted molar refractivity (Wildman–Crippen MR) is 72.0 cm³/mol. The molecule has 2 aromatic rings. The Labute approximate surface area is 108 Å². The first kappa shape index (κ1) is 11.7. The van der Waals surface area contributed by atoms with Crippen molar-refractivity contribution in [1.82, 2.24) is 9.97 Å².